The van der Waals surface area contributed by atoms with Crippen LogP contribution in [0.25, 0.3) is 0 Å². The summed E-state index contributed by atoms with van der Waals surface area (Å²) in [5.41, 5.74) is 6.06. The molecule has 1 aromatic heterocycles. The van der Waals surface area contributed by atoms with E-state index in [1.165, 1.54) is 11.1 Å². The maximum absolute atomic E-state index is 10.3. The highest BCUT2D eigenvalue weighted by molar-refractivity contribution is 5.75. The van der Waals surface area contributed by atoms with Gasteiger partial charge in [0.15, 0.2) is 0 Å². The number of anilines is 2. The maximum atomic E-state index is 10.3. The third kappa shape index (κ3) is 1.66. The fraction of sp³-hybridized carbons (Fsp3) is 0.333. The van der Waals surface area contributed by atoms with Crippen LogP contribution in [0, 0.1) is 0 Å². The fourth-order valence-corrected chi connectivity index (χ4v) is 0.882. The molecule has 1 aromatic rings. The van der Waals surface area contributed by atoms with Gasteiger partial charge in [-0.05, 0) is 0 Å². The first-order valence-corrected chi connectivity index (χ1v) is 3.33. The second-order valence-corrected chi connectivity index (χ2v) is 2.42. The molecule has 0 saturated heterocycles. The normalized spacial score (nSPS) is 9.75. The third-order valence-electron chi connectivity index (χ3n) is 1.43. The molecular formula is C6H10N4O2. The molecule has 6 nitrogen and oxygen atoms in total. The molecule has 0 amide bonds. The lowest BCUT2D eigenvalue weighted by atomic mass is 10.4. The van der Waals surface area contributed by atoms with Gasteiger partial charge in [-0.25, -0.2) is 0 Å². The van der Waals surface area contributed by atoms with Gasteiger partial charge in [0.2, 0.25) is 0 Å². The topological polar surface area (TPSA) is 95.2 Å². The Morgan fingerprint density at radius 1 is 1.92 bits per heavy atom. The highest BCUT2D eigenvalue weighted by atomic mass is 16.4. The number of likely N-dealkylation sites (N-methyl/N-ethyl adjacent to an activating group) is 1. The Morgan fingerprint density at radius 3 is 3.00 bits per heavy atom. The van der Waals surface area contributed by atoms with Crippen molar-refractivity contribution in [1.29, 1.82) is 0 Å². The molecule has 0 aliphatic carbocycles. The average molecular weight is 170 g/mol. The fourth-order valence-electron chi connectivity index (χ4n) is 0.882. The first-order valence-electron chi connectivity index (χ1n) is 3.33. The smallest absolute Gasteiger partial charge is 0.323 e. The van der Waals surface area contributed by atoms with E-state index in [0.717, 1.165) is 0 Å². The van der Waals surface area contributed by atoms with E-state index in [0.29, 0.717) is 11.5 Å². The van der Waals surface area contributed by atoms with E-state index in [4.69, 9.17) is 10.8 Å². The molecule has 0 unspecified atom stereocenters. The molecule has 1 heterocycles. The number of rotatable bonds is 3. The lowest BCUT2D eigenvalue weighted by Crippen LogP contribution is -2.25. The van der Waals surface area contributed by atoms with Gasteiger partial charge < -0.3 is 15.7 Å². The highest BCUT2D eigenvalue weighted by Gasteiger charge is 2.09. The van der Waals surface area contributed by atoms with Gasteiger partial charge in [0.05, 0.1) is 11.9 Å². The summed E-state index contributed by atoms with van der Waals surface area (Å²) in [6, 6.07) is 0. The third-order valence-corrected chi connectivity index (χ3v) is 1.43. The second-order valence-electron chi connectivity index (χ2n) is 2.42. The van der Waals surface area contributed by atoms with Gasteiger partial charge in [0.25, 0.3) is 0 Å². The minimum absolute atomic E-state index is 0.0935. The summed E-state index contributed by atoms with van der Waals surface area (Å²) in [6.07, 6.45) is 1.48. The first-order chi connectivity index (χ1) is 5.61. The van der Waals surface area contributed by atoms with Crippen molar-refractivity contribution in [2.24, 2.45) is 0 Å². The number of carboxylic acid groups (broad SMARTS) is 1. The Labute approximate surface area is 69.0 Å². The molecule has 0 spiro atoms. The second kappa shape index (κ2) is 3.12. The van der Waals surface area contributed by atoms with Crippen LogP contribution >= 0.6 is 0 Å². The van der Waals surface area contributed by atoms with E-state index < -0.39 is 5.97 Å². The van der Waals surface area contributed by atoms with Crippen LogP contribution in [0.1, 0.15) is 0 Å². The molecule has 0 aromatic carbocycles. The predicted molar refractivity (Wildman–Crippen MR) is 43.9 cm³/mol. The van der Waals surface area contributed by atoms with Crippen molar-refractivity contribution in [2.75, 3.05) is 24.2 Å². The van der Waals surface area contributed by atoms with E-state index in [-0.39, 0.29) is 6.54 Å². The van der Waals surface area contributed by atoms with Crippen molar-refractivity contribution >= 4 is 17.5 Å². The lowest BCUT2D eigenvalue weighted by Gasteiger charge is -2.14. The van der Waals surface area contributed by atoms with Gasteiger partial charge in [-0.1, -0.05) is 0 Å². The van der Waals surface area contributed by atoms with Crippen molar-refractivity contribution < 1.29 is 9.90 Å². The summed E-state index contributed by atoms with van der Waals surface area (Å²) in [7, 11) is 1.63. The van der Waals surface area contributed by atoms with Crippen LogP contribution < -0.4 is 10.6 Å². The molecule has 0 fully saturated rings. The molecule has 0 bridgehead atoms. The van der Waals surface area contributed by atoms with Crippen molar-refractivity contribution in [1.82, 2.24) is 10.2 Å². The first kappa shape index (κ1) is 8.38. The summed E-state index contributed by atoms with van der Waals surface area (Å²) in [5.74, 6) is -0.531. The van der Waals surface area contributed by atoms with E-state index in [1.54, 1.807) is 7.05 Å². The predicted octanol–water partition coefficient (Wildman–Crippen LogP) is -0.487. The zero-order valence-corrected chi connectivity index (χ0v) is 6.61. The van der Waals surface area contributed by atoms with Crippen LogP contribution in [-0.2, 0) is 4.79 Å². The average Bonchev–Trinajstić information content (AvgIpc) is 2.33. The molecule has 0 saturated carbocycles. The summed E-state index contributed by atoms with van der Waals surface area (Å²) >= 11 is 0. The van der Waals surface area contributed by atoms with Crippen molar-refractivity contribution in [3.05, 3.63) is 6.20 Å². The van der Waals surface area contributed by atoms with Crippen molar-refractivity contribution in [3.63, 3.8) is 0 Å². The number of carbonyl (C=O) groups is 1. The molecule has 0 radical (unpaired) electrons. The molecule has 0 aliphatic heterocycles. The number of aliphatic carboxylic acids is 1. The van der Waals surface area contributed by atoms with E-state index in [1.807, 2.05) is 0 Å². The monoisotopic (exact) mass is 170 g/mol. The highest BCUT2D eigenvalue weighted by Crippen LogP contribution is 2.16. The molecule has 6 heteroatoms. The number of nitrogens with one attached hydrogen (secondary N) is 1. The van der Waals surface area contributed by atoms with Crippen molar-refractivity contribution in [3.8, 4) is 0 Å². The van der Waals surface area contributed by atoms with Crippen LogP contribution in [0.3, 0.4) is 0 Å². The van der Waals surface area contributed by atoms with E-state index >= 15 is 0 Å². The molecular weight excluding hydrogens is 160 g/mol. The van der Waals surface area contributed by atoms with E-state index in [2.05, 4.69) is 10.2 Å². The number of H-pyrrole nitrogens is 1. The number of hydrogen-bond donors (Lipinski definition) is 3. The number of aromatic nitrogens is 2. The molecule has 4 N–H and O–H groups in total. The Kier molecular flexibility index (Phi) is 2.18. The number of nitrogen functional groups attached to an aromatic ring is 1. The van der Waals surface area contributed by atoms with Gasteiger partial charge in [0.1, 0.15) is 12.4 Å². The number of nitrogens with zero attached hydrogens (tertiary/aromatic N) is 2. The summed E-state index contributed by atoms with van der Waals surface area (Å²) in [5, 5.41) is 14.6. The molecule has 0 atom stereocenters. The summed E-state index contributed by atoms with van der Waals surface area (Å²) in [6.45, 7) is -0.0935. The zero-order chi connectivity index (χ0) is 9.14. The largest absolute Gasteiger partial charge is 0.480 e. The number of hydrogen-bond acceptors (Lipinski definition) is 4. The van der Waals surface area contributed by atoms with Gasteiger partial charge >= 0.3 is 5.97 Å². The zero-order valence-electron chi connectivity index (χ0n) is 6.61. The molecule has 1 rings (SSSR count). The maximum Gasteiger partial charge on any atom is 0.323 e. The van der Waals surface area contributed by atoms with Crippen LogP contribution in [0.15, 0.2) is 6.20 Å². The van der Waals surface area contributed by atoms with Crippen LogP contribution in [0.4, 0.5) is 11.5 Å². The molecule has 0 aliphatic rings. The van der Waals surface area contributed by atoms with Gasteiger partial charge in [0, 0.05) is 7.05 Å². The Morgan fingerprint density at radius 2 is 2.58 bits per heavy atom. The van der Waals surface area contributed by atoms with Crippen LogP contribution in [0.5, 0.6) is 0 Å². The van der Waals surface area contributed by atoms with E-state index in [9.17, 15) is 4.79 Å². The Balaban J connectivity index is 2.71. The van der Waals surface area contributed by atoms with Crippen LogP contribution in [-0.4, -0.2) is 34.9 Å². The minimum Gasteiger partial charge on any atom is -0.480 e. The van der Waals surface area contributed by atoms with Gasteiger partial charge in [-0.3, -0.25) is 9.89 Å². The lowest BCUT2D eigenvalue weighted by molar-refractivity contribution is -0.135. The Bertz CT molecular complexity index is 283. The number of aromatic amines is 1. The van der Waals surface area contributed by atoms with Gasteiger partial charge in [-0.15, -0.1) is 0 Å². The summed E-state index contributed by atoms with van der Waals surface area (Å²) in [4.78, 5) is 11.8. The number of carboxylic acids is 1. The number of nitrogens with two attached hydrogens (primary N) is 1. The van der Waals surface area contributed by atoms with Gasteiger partial charge in [-0.2, -0.15) is 5.10 Å². The summed E-state index contributed by atoms with van der Waals surface area (Å²) < 4.78 is 0. The SMILES string of the molecule is CN(CC(=O)O)c1cn[nH]c1N. The quantitative estimate of drug-likeness (QED) is 0.569. The standard InChI is InChI=1S/C6H10N4O2/c1-10(3-5(11)12)4-2-8-9-6(4)7/h2H,3H2,1H3,(H,11,12)(H3,7,8,9). The van der Waals surface area contributed by atoms with Crippen molar-refractivity contribution in [2.45, 2.75) is 0 Å². The minimum atomic E-state index is -0.905. The molecule has 66 valence electrons. The molecule has 12 heavy (non-hydrogen) atoms. The van der Waals surface area contributed by atoms with Crippen LogP contribution in [0.2, 0.25) is 0 Å². The Hall–Kier alpha value is -1.72.